The number of halogens is 2. The van der Waals surface area contributed by atoms with Gasteiger partial charge in [-0.1, -0.05) is 30.3 Å². The average Bonchev–Trinajstić information content (AvgIpc) is 2.75. The van der Waals surface area contributed by atoms with Crippen LogP contribution in [-0.4, -0.2) is 25.2 Å². The van der Waals surface area contributed by atoms with Crippen LogP contribution in [0.3, 0.4) is 0 Å². The first kappa shape index (κ1) is 22.3. The number of nitrogens with one attached hydrogen (secondary N) is 3. The first-order valence-electron chi connectivity index (χ1n) is 9.63. The smallest absolute Gasteiger partial charge is 0.326 e. The van der Waals surface area contributed by atoms with Gasteiger partial charge in [-0.2, -0.15) is 0 Å². The molecule has 0 heterocycles. The van der Waals surface area contributed by atoms with E-state index in [2.05, 4.69) is 31.9 Å². The molecule has 3 rings (SSSR count). The Labute approximate surface area is 188 Å². The van der Waals surface area contributed by atoms with Crippen LogP contribution in [0.25, 0.3) is 0 Å². The summed E-state index contributed by atoms with van der Waals surface area (Å²) in [6.07, 6.45) is 0. The Hall–Kier alpha value is -3.39. The van der Waals surface area contributed by atoms with Gasteiger partial charge < -0.3 is 16.0 Å². The molecule has 0 bridgehead atoms. The second-order valence-corrected chi connectivity index (χ2v) is 7.59. The zero-order chi connectivity index (χ0) is 22.2. The summed E-state index contributed by atoms with van der Waals surface area (Å²) in [5.41, 5.74) is 2.74. The predicted molar refractivity (Wildman–Crippen MR) is 125 cm³/mol. The maximum Gasteiger partial charge on any atom is 0.326 e. The lowest BCUT2D eigenvalue weighted by molar-refractivity contribution is 0.250. The Morgan fingerprint density at radius 1 is 0.903 bits per heavy atom. The highest BCUT2D eigenvalue weighted by Gasteiger charge is 2.17. The number of para-hydroxylation sites is 2. The van der Waals surface area contributed by atoms with E-state index < -0.39 is 11.8 Å². The van der Waals surface area contributed by atoms with E-state index in [-0.39, 0.29) is 19.1 Å². The molecule has 3 aromatic rings. The molecule has 0 fully saturated rings. The lowest BCUT2D eigenvalue weighted by atomic mass is 10.2. The molecule has 0 aliphatic rings. The molecule has 0 radical (unpaired) electrons. The summed E-state index contributed by atoms with van der Waals surface area (Å²) >= 11 is 3.37. The Morgan fingerprint density at radius 2 is 1.55 bits per heavy atom. The Kier molecular flexibility index (Phi) is 7.61. The summed E-state index contributed by atoms with van der Waals surface area (Å²) in [6, 6.07) is 19.5. The molecule has 3 N–H and O–H groups in total. The highest BCUT2D eigenvalue weighted by molar-refractivity contribution is 9.10. The van der Waals surface area contributed by atoms with Crippen LogP contribution in [-0.2, 0) is 0 Å². The summed E-state index contributed by atoms with van der Waals surface area (Å²) in [6.45, 7) is 2.27. The molecule has 0 aliphatic heterocycles. The van der Waals surface area contributed by atoms with Crippen molar-refractivity contribution in [3.8, 4) is 0 Å². The third kappa shape index (κ3) is 6.29. The lowest BCUT2D eigenvalue weighted by Gasteiger charge is -2.24. The standard InChI is InChI=1S/C23H22BrFN4O2/c1-16-6-2-4-8-20(16)28-23(31)29(18-12-10-17(25)11-13-18)15-14-26-22(30)27-21-9-5-3-7-19(21)24/h2-13H,14-15H2,1H3,(H,28,31)(H2,26,27,30). The van der Waals surface area contributed by atoms with E-state index >= 15 is 0 Å². The second-order valence-electron chi connectivity index (χ2n) is 6.73. The highest BCUT2D eigenvalue weighted by atomic mass is 79.9. The SMILES string of the molecule is Cc1ccccc1NC(=O)N(CCNC(=O)Nc1ccccc1Br)c1ccc(F)cc1. The molecule has 160 valence electrons. The number of aryl methyl sites for hydroxylation is 1. The fraction of sp³-hybridized carbons (Fsp3) is 0.130. The van der Waals surface area contributed by atoms with E-state index in [4.69, 9.17) is 0 Å². The molecule has 3 aromatic carbocycles. The van der Waals surface area contributed by atoms with Gasteiger partial charge >= 0.3 is 12.1 Å². The molecule has 8 heteroatoms. The van der Waals surface area contributed by atoms with Gasteiger partial charge in [0, 0.05) is 28.9 Å². The first-order valence-corrected chi connectivity index (χ1v) is 10.4. The summed E-state index contributed by atoms with van der Waals surface area (Å²) < 4.78 is 14.1. The van der Waals surface area contributed by atoms with Gasteiger partial charge in [-0.25, -0.2) is 14.0 Å². The third-order valence-corrected chi connectivity index (χ3v) is 5.20. The molecule has 4 amide bonds. The number of rotatable bonds is 6. The molecule has 0 aliphatic carbocycles. The van der Waals surface area contributed by atoms with Gasteiger partial charge in [0.05, 0.1) is 5.69 Å². The van der Waals surface area contributed by atoms with E-state index in [1.54, 1.807) is 12.1 Å². The van der Waals surface area contributed by atoms with Crippen LogP contribution in [0, 0.1) is 12.7 Å². The topological polar surface area (TPSA) is 73.5 Å². The van der Waals surface area contributed by atoms with E-state index in [1.807, 2.05) is 43.3 Å². The van der Waals surface area contributed by atoms with E-state index in [9.17, 15) is 14.0 Å². The van der Waals surface area contributed by atoms with Gasteiger partial charge in [-0.3, -0.25) is 4.90 Å². The largest absolute Gasteiger partial charge is 0.336 e. The minimum absolute atomic E-state index is 0.187. The average molecular weight is 485 g/mol. The van der Waals surface area contributed by atoms with Gasteiger partial charge in [0.1, 0.15) is 5.82 Å². The molecule has 0 spiro atoms. The van der Waals surface area contributed by atoms with Crippen molar-refractivity contribution in [3.05, 3.63) is 88.6 Å². The van der Waals surface area contributed by atoms with Crippen molar-refractivity contribution in [2.45, 2.75) is 6.92 Å². The van der Waals surface area contributed by atoms with Gasteiger partial charge in [-0.15, -0.1) is 0 Å². The number of anilines is 3. The van der Waals surface area contributed by atoms with Crippen LogP contribution in [0.4, 0.5) is 31.0 Å². The monoisotopic (exact) mass is 484 g/mol. The van der Waals surface area contributed by atoms with Crippen molar-refractivity contribution >= 4 is 45.1 Å². The zero-order valence-corrected chi connectivity index (χ0v) is 18.4. The number of hydrogen-bond acceptors (Lipinski definition) is 2. The quantitative estimate of drug-likeness (QED) is 0.416. The number of hydrogen-bond donors (Lipinski definition) is 3. The summed E-state index contributed by atoms with van der Waals surface area (Å²) in [5, 5.41) is 8.34. The fourth-order valence-electron chi connectivity index (χ4n) is 2.88. The molecule has 0 saturated carbocycles. The van der Waals surface area contributed by atoms with Gasteiger partial charge in [-0.05, 0) is 70.9 Å². The molecule has 0 aromatic heterocycles. The molecule has 31 heavy (non-hydrogen) atoms. The second kappa shape index (κ2) is 10.6. The van der Waals surface area contributed by atoms with Crippen molar-refractivity contribution in [3.63, 3.8) is 0 Å². The van der Waals surface area contributed by atoms with Crippen molar-refractivity contribution in [2.24, 2.45) is 0 Å². The molecule has 0 saturated heterocycles. The first-order chi connectivity index (χ1) is 14.9. The van der Waals surface area contributed by atoms with Crippen molar-refractivity contribution in [2.75, 3.05) is 28.6 Å². The Bertz CT molecular complexity index is 1060. The molecule has 0 atom stereocenters. The van der Waals surface area contributed by atoms with Crippen molar-refractivity contribution < 1.29 is 14.0 Å². The number of benzene rings is 3. The van der Waals surface area contributed by atoms with Crippen LogP contribution in [0.15, 0.2) is 77.3 Å². The van der Waals surface area contributed by atoms with Crippen LogP contribution in [0.2, 0.25) is 0 Å². The van der Waals surface area contributed by atoms with Gasteiger partial charge in [0.25, 0.3) is 0 Å². The van der Waals surface area contributed by atoms with Crippen LogP contribution in [0.5, 0.6) is 0 Å². The number of nitrogens with zero attached hydrogens (tertiary/aromatic N) is 1. The molecular formula is C23H22BrFN4O2. The third-order valence-electron chi connectivity index (χ3n) is 4.51. The maximum absolute atomic E-state index is 13.4. The minimum atomic E-state index is -0.398. The van der Waals surface area contributed by atoms with E-state index in [0.717, 1.165) is 10.0 Å². The Balaban J connectivity index is 1.66. The highest BCUT2D eigenvalue weighted by Crippen LogP contribution is 2.21. The number of amides is 4. The summed E-state index contributed by atoms with van der Waals surface area (Å²) in [7, 11) is 0. The predicted octanol–water partition coefficient (Wildman–Crippen LogP) is 5.76. The maximum atomic E-state index is 13.4. The van der Waals surface area contributed by atoms with Crippen LogP contribution in [0.1, 0.15) is 5.56 Å². The van der Waals surface area contributed by atoms with Crippen molar-refractivity contribution in [1.82, 2.24) is 5.32 Å². The van der Waals surface area contributed by atoms with Crippen LogP contribution < -0.4 is 20.9 Å². The molecular weight excluding hydrogens is 463 g/mol. The lowest BCUT2D eigenvalue weighted by Crippen LogP contribution is -2.42. The summed E-state index contributed by atoms with van der Waals surface area (Å²) in [4.78, 5) is 26.6. The molecule has 6 nitrogen and oxygen atoms in total. The number of carbonyl (C=O) groups is 2. The van der Waals surface area contributed by atoms with Gasteiger partial charge in [0.2, 0.25) is 0 Å². The normalized spacial score (nSPS) is 10.3. The zero-order valence-electron chi connectivity index (χ0n) is 16.9. The number of carbonyl (C=O) groups excluding carboxylic acids is 2. The Morgan fingerprint density at radius 3 is 2.23 bits per heavy atom. The fourth-order valence-corrected chi connectivity index (χ4v) is 3.26. The van der Waals surface area contributed by atoms with Gasteiger partial charge in [0.15, 0.2) is 0 Å². The van der Waals surface area contributed by atoms with E-state index in [1.165, 1.54) is 29.2 Å². The minimum Gasteiger partial charge on any atom is -0.336 e. The van der Waals surface area contributed by atoms with Crippen LogP contribution >= 0.6 is 15.9 Å². The molecule has 0 unspecified atom stereocenters. The number of urea groups is 2. The van der Waals surface area contributed by atoms with E-state index in [0.29, 0.717) is 17.1 Å². The summed E-state index contributed by atoms with van der Waals surface area (Å²) in [5.74, 6) is -0.394. The van der Waals surface area contributed by atoms with Crippen molar-refractivity contribution in [1.29, 1.82) is 0 Å².